The molecule has 0 spiro atoms. The molecule has 18 heteroatoms. The summed E-state index contributed by atoms with van der Waals surface area (Å²) in [6.45, 7) is 7.63. The van der Waals surface area contributed by atoms with Crippen molar-refractivity contribution in [3.63, 3.8) is 0 Å². The number of nitrogens with one attached hydrogen (secondary N) is 2. The lowest BCUT2D eigenvalue weighted by Gasteiger charge is -2.53. The largest absolute Gasteiger partial charge is 0.480 e. The Bertz CT molecular complexity index is 1770. The fourth-order valence-electron chi connectivity index (χ4n) is 7.16. The summed E-state index contributed by atoms with van der Waals surface area (Å²) < 4.78 is 35.0. The molecule has 0 saturated carbocycles. The summed E-state index contributed by atoms with van der Waals surface area (Å²) in [7, 11) is 0. The van der Waals surface area contributed by atoms with Crippen molar-refractivity contribution in [2.24, 2.45) is 16.9 Å². The molecule has 3 rings (SSSR count). The second kappa shape index (κ2) is 21.9. The van der Waals surface area contributed by atoms with E-state index in [1.807, 2.05) is 62.9 Å². The number of aliphatic hydroxyl groups is 1. The fourth-order valence-corrected chi connectivity index (χ4v) is 8.16. The number of carbonyl (C=O) groups is 5. The molecule has 3 amide bonds. The maximum absolute atomic E-state index is 15.2. The van der Waals surface area contributed by atoms with Gasteiger partial charge in [0, 0.05) is 50.1 Å². The zero-order chi connectivity index (χ0) is 43.2. The van der Waals surface area contributed by atoms with Crippen LogP contribution < -0.4 is 22.1 Å². The number of hydrogen-bond donors (Lipinski definition) is 7. The SMILES string of the molecule is CC(C)(C)[C@@H](N(CC[C@H](N)C(=O)NCCOCCNC(=O)CC(SC[C@H](N)C(=O)O)C(=O)O)C(=O)CO)C1(C)CC(c2cc(F)ccc2F)=CN1Cc1ccccc1. The number of amides is 3. The number of hydrogen-bond acceptors (Lipinski definition) is 11. The van der Waals surface area contributed by atoms with Crippen molar-refractivity contribution in [1.29, 1.82) is 0 Å². The van der Waals surface area contributed by atoms with Crippen LogP contribution in [0.4, 0.5) is 8.78 Å². The maximum atomic E-state index is 15.2. The fraction of sp³-hybridized carbons (Fsp3) is 0.525. The van der Waals surface area contributed by atoms with E-state index in [-0.39, 0.29) is 57.0 Å². The van der Waals surface area contributed by atoms with Gasteiger partial charge in [0.2, 0.25) is 17.7 Å². The molecule has 1 aliphatic rings. The third-order valence-electron chi connectivity index (χ3n) is 9.74. The first-order valence-electron chi connectivity index (χ1n) is 18.9. The van der Waals surface area contributed by atoms with Gasteiger partial charge in [0.05, 0.1) is 30.8 Å². The van der Waals surface area contributed by atoms with Crippen molar-refractivity contribution in [2.45, 2.75) is 82.4 Å². The van der Waals surface area contributed by atoms with E-state index in [1.54, 1.807) is 6.20 Å². The third-order valence-corrected chi connectivity index (χ3v) is 11.1. The van der Waals surface area contributed by atoms with Crippen molar-refractivity contribution in [2.75, 3.05) is 45.2 Å². The van der Waals surface area contributed by atoms with Crippen LogP contribution in [-0.2, 0) is 35.3 Å². The number of carboxylic acids is 2. The zero-order valence-corrected chi connectivity index (χ0v) is 34.1. The van der Waals surface area contributed by atoms with Gasteiger partial charge in [-0.25, -0.2) is 8.78 Å². The predicted molar refractivity (Wildman–Crippen MR) is 215 cm³/mol. The standard InChI is InChI=1S/C40H56F2N6O9S/c1-39(2,3)38(40(4)20-26(28-18-27(41)10-11-29(28)42)22-47(40)21-25-8-6-5-7-9-25)48(34(51)23-49)15-12-30(43)35(52)46-14-17-57-16-13-45-33(50)19-32(37(55)56)58-24-31(44)36(53)54/h5-11,18,22,30-32,38,49H,12-17,19-21,23-24,43-44H2,1-4H3,(H,45,50)(H,46,52)(H,53,54)(H,55,56)/t30-,31-,32?,38+,40?/m0/s1. The molecular weight excluding hydrogens is 779 g/mol. The van der Waals surface area contributed by atoms with Crippen LogP contribution in [0.2, 0.25) is 0 Å². The lowest BCUT2D eigenvalue weighted by molar-refractivity contribution is -0.144. The van der Waals surface area contributed by atoms with E-state index in [1.165, 1.54) is 4.90 Å². The zero-order valence-electron chi connectivity index (χ0n) is 33.3. The number of carbonyl (C=O) groups excluding carboxylic acids is 3. The topological polar surface area (TPSA) is 238 Å². The highest BCUT2D eigenvalue weighted by atomic mass is 32.2. The van der Waals surface area contributed by atoms with Crippen LogP contribution in [0.15, 0.2) is 54.7 Å². The molecule has 2 aromatic carbocycles. The summed E-state index contributed by atoms with van der Waals surface area (Å²) >= 11 is 0.761. The van der Waals surface area contributed by atoms with E-state index >= 15 is 4.39 Å². The lowest BCUT2D eigenvalue weighted by Crippen LogP contribution is -2.64. The van der Waals surface area contributed by atoms with E-state index in [2.05, 4.69) is 10.6 Å². The van der Waals surface area contributed by atoms with Gasteiger partial charge in [-0.3, -0.25) is 24.0 Å². The van der Waals surface area contributed by atoms with Crippen LogP contribution >= 0.6 is 11.8 Å². The van der Waals surface area contributed by atoms with Crippen LogP contribution in [0, 0.1) is 17.0 Å². The highest BCUT2D eigenvalue weighted by Crippen LogP contribution is 2.47. The smallest absolute Gasteiger partial charge is 0.321 e. The number of nitrogens with two attached hydrogens (primary N) is 2. The average Bonchev–Trinajstić information content (AvgIpc) is 3.49. The first kappa shape index (κ1) is 47.8. The molecule has 1 heterocycles. The number of aliphatic hydroxyl groups excluding tert-OH is 1. The Hall–Kier alpha value is -4.62. The van der Waals surface area contributed by atoms with Crippen molar-refractivity contribution in [1.82, 2.24) is 20.4 Å². The van der Waals surface area contributed by atoms with Gasteiger partial charge >= 0.3 is 11.9 Å². The van der Waals surface area contributed by atoms with E-state index in [0.717, 1.165) is 35.5 Å². The maximum Gasteiger partial charge on any atom is 0.321 e. The minimum Gasteiger partial charge on any atom is -0.480 e. The van der Waals surface area contributed by atoms with Crippen LogP contribution in [0.1, 0.15) is 58.1 Å². The van der Waals surface area contributed by atoms with Gasteiger partial charge < -0.3 is 52.0 Å². The molecular formula is C40H56F2N6O9S. The Kier molecular flexibility index (Phi) is 18.1. The Morgan fingerprint density at radius 1 is 0.983 bits per heavy atom. The highest BCUT2D eigenvalue weighted by Gasteiger charge is 2.52. The third kappa shape index (κ3) is 13.8. The molecule has 0 bridgehead atoms. The Labute approximate surface area is 341 Å². The number of ether oxygens (including phenoxy) is 1. The molecule has 0 aliphatic carbocycles. The molecule has 2 unspecified atom stereocenters. The highest BCUT2D eigenvalue weighted by molar-refractivity contribution is 8.00. The molecule has 9 N–H and O–H groups in total. The van der Waals surface area contributed by atoms with Crippen molar-refractivity contribution in [3.05, 3.63) is 77.5 Å². The van der Waals surface area contributed by atoms with E-state index in [0.29, 0.717) is 12.1 Å². The number of carboxylic acid groups (broad SMARTS) is 2. The summed E-state index contributed by atoms with van der Waals surface area (Å²) in [5.41, 5.74) is 11.8. The molecule has 0 aromatic heterocycles. The number of rotatable bonds is 23. The van der Waals surface area contributed by atoms with Gasteiger partial charge in [-0.1, -0.05) is 51.1 Å². The molecule has 0 fully saturated rings. The van der Waals surface area contributed by atoms with Gasteiger partial charge in [0.15, 0.2) is 0 Å². The molecule has 5 atom stereocenters. The summed E-state index contributed by atoms with van der Waals surface area (Å²) in [5, 5.41) is 32.4. The van der Waals surface area contributed by atoms with Gasteiger partial charge in [-0.2, -0.15) is 0 Å². The number of thioether (sulfide) groups is 1. The molecule has 320 valence electrons. The van der Waals surface area contributed by atoms with Crippen LogP contribution in [-0.4, -0.2) is 129 Å². The van der Waals surface area contributed by atoms with Crippen LogP contribution in [0.3, 0.4) is 0 Å². The van der Waals surface area contributed by atoms with Gasteiger partial charge in [0.1, 0.15) is 29.5 Å². The van der Waals surface area contributed by atoms with Crippen LogP contribution in [0.5, 0.6) is 0 Å². The Morgan fingerprint density at radius 3 is 2.24 bits per heavy atom. The molecule has 1 aliphatic heterocycles. The second-order valence-corrected chi connectivity index (χ2v) is 16.6. The van der Waals surface area contributed by atoms with E-state index in [4.69, 9.17) is 21.3 Å². The second-order valence-electron chi connectivity index (χ2n) is 15.4. The van der Waals surface area contributed by atoms with Gasteiger partial charge in [-0.05, 0) is 54.5 Å². The summed E-state index contributed by atoms with van der Waals surface area (Å²) in [4.78, 5) is 64.7. The molecule has 0 radical (unpaired) electrons. The van der Waals surface area contributed by atoms with E-state index in [9.17, 15) is 38.6 Å². The Balaban J connectivity index is 1.62. The Morgan fingerprint density at radius 2 is 1.64 bits per heavy atom. The van der Waals surface area contributed by atoms with Crippen molar-refractivity contribution >= 4 is 47.0 Å². The van der Waals surface area contributed by atoms with E-state index < -0.39 is 88.7 Å². The minimum absolute atomic E-state index is 0.00184. The van der Waals surface area contributed by atoms with Crippen LogP contribution in [0.25, 0.3) is 5.57 Å². The molecule has 15 nitrogen and oxygen atoms in total. The summed E-state index contributed by atoms with van der Waals surface area (Å²) in [6, 6.07) is 9.94. The minimum atomic E-state index is -1.28. The monoisotopic (exact) mass is 834 g/mol. The molecule has 0 saturated heterocycles. The summed E-state index contributed by atoms with van der Waals surface area (Å²) in [5.74, 6) is -5.57. The first-order chi connectivity index (χ1) is 27.3. The average molecular weight is 835 g/mol. The van der Waals surface area contributed by atoms with Crippen molar-refractivity contribution < 1.29 is 52.8 Å². The van der Waals surface area contributed by atoms with Gasteiger partial charge in [-0.15, -0.1) is 11.8 Å². The number of benzene rings is 2. The molecule has 58 heavy (non-hydrogen) atoms. The lowest BCUT2D eigenvalue weighted by atomic mass is 9.71. The summed E-state index contributed by atoms with van der Waals surface area (Å²) in [6.07, 6.45) is 1.68. The first-order valence-corrected chi connectivity index (χ1v) is 19.9. The predicted octanol–water partition coefficient (Wildman–Crippen LogP) is 2.16. The normalized spacial score (nSPS) is 17.5. The molecule has 2 aromatic rings. The van der Waals surface area contributed by atoms with Gasteiger partial charge in [0.25, 0.3) is 0 Å². The number of halogens is 2. The number of aliphatic carboxylic acids is 2. The number of nitrogens with zero attached hydrogens (tertiary/aromatic N) is 2. The van der Waals surface area contributed by atoms with Crippen molar-refractivity contribution in [3.8, 4) is 0 Å². The quantitative estimate of drug-likeness (QED) is 0.0796.